The second kappa shape index (κ2) is 5.62. The average molecular weight is 313 g/mol. The minimum atomic E-state index is 0.600. The van der Waals surface area contributed by atoms with Gasteiger partial charge in [0.15, 0.2) is 5.65 Å². The third-order valence-electron chi connectivity index (χ3n) is 3.76. The summed E-state index contributed by atoms with van der Waals surface area (Å²) in [6.45, 7) is 0. The zero-order valence-corrected chi connectivity index (χ0v) is 12.8. The Labute approximate surface area is 139 Å². The van der Waals surface area contributed by atoms with Crippen molar-refractivity contribution >= 4 is 22.5 Å². The van der Waals surface area contributed by atoms with Crippen molar-refractivity contribution < 1.29 is 0 Å². The van der Waals surface area contributed by atoms with E-state index in [0.717, 1.165) is 28.0 Å². The third-order valence-corrected chi connectivity index (χ3v) is 3.76. The molecule has 2 aromatic carbocycles. The molecule has 0 fully saturated rings. The van der Waals surface area contributed by atoms with Crippen LogP contribution < -0.4 is 11.5 Å². The van der Waals surface area contributed by atoms with Gasteiger partial charge in [0.05, 0.1) is 11.4 Å². The Balaban J connectivity index is 2.04. The number of hydrogen-bond donors (Lipinski definition) is 2. The molecule has 0 bridgehead atoms. The number of nitrogen functional groups attached to an aromatic ring is 2. The van der Waals surface area contributed by atoms with Gasteiger partial charge in [-0.25, -0.2) is 15.0 Å². The lowest BCUT2D eigenvalue weighted by Crippen LogP contribution is -1.98. The molecular weight excluding hydrogens is 298 g/mol. The topological polar surface area (TPSA) is 90.7 Å². The fourth-order valence-corrected chi connectivity index (χ4v) is 2.67. The molecule has 4 N–H and O–H groups in total. The van der Waals surface area contributed by atoms with Crippen LogP contribution in [0.25, 0.3) is 33.7 Å². The highest BCUT2D eigenvalue weighted by Crippen LogP contribution is 2.32. The van der Waals surface area contributed by atoms with Crippen molar-refractivity contribution in [1.29, 1.82) is 0 Å². The number of nitrogens with zero attached hydrogens (tertiary/aromatic N) is 3. The maximum atomic E-state index is 5.94. The number of pyridine rings is 1. The average Bonchev–Trinajstić information content (AvgIpc) is 2.60. The minimum Gasteiger partial charge on any atom is -0.399 e. The van der Waals surface area contributed by atoms with Crippen LogP contribution in [-0.2, 0) is 0 Å². The molecule has 0 amide bonds. The summed E-state index contributed by atoms with van der Waals surface area (Å²) in [5.41, 5.74) is 17.9. The quantitative estimate of drug-likeness (QED) is 0.552. The van der Waals surface area contributed by atoms with E-state index in [1.165, 1.54) is 0 Å². The van der Waals surface area contributed by atoms with Gasteiger partial charge >= 0.3 is 0 Å². The molecule has 0 unspecified atom stereocenters. The summed E-state index contributed by atoms with van der Waals surface area (Å²) in [5, 5.41) is 0. The monoisotopic (exact) mass is 313 g/mol. The summed E-state index contributed by atoms with van der Waals surface area (Å²) in [6, 6.07) is 19.0. The molecule has 5 nitrogen and oxygen atoms in total. The first kappa shape index (κ1) is 14.1. The molecule has 0 spiro atoms. The van der Waals surface area contributed by atoms with Crippen LogP contribution in [0.1, 0.15) is 0 Å². The number of anilines is 2. The van der Waals surface area contributed by atoms with Crippen molar-refractivity contribution in [3.63, 3.8) is 0 Å². The number of fused-ring (bicyclic) bond motifs is 1. The van der Waals surface area contributed by atoms with Gasteiger partial charge in [-0.05, 0) is 36.4 Å². The number of rotatable bonds is 2. The summed E-state index contributed by atoms with van der Waals surface area (Å²) >= 11 is 0. The van der Waals surface area contributed by atoms with Gasteiger partial charge in [-0.2, -0.15) is 0 Å². The van der Waals surface area contributed by atoms with Crippen LogP contribution in [0.5, 0.6) is 0 Å². The lowest BCUT2D eigenvalue weighted by atomic mass is 10.0. The van der Waals surface area contributed by atoms with Crippen molar-refractivity contribution in [2.24, 2.45) is 0 Å². The molecule has 0 aliphatic heterocycles. The van der Waals surface area contributed by atoms with Crippen LogP contribution >= 0.6 is 0 Å². The van der Waals surface area contributed by atoms with Crippen LogP contribution in [0, 0.1) is 0 Å². The van der Waals surface area contributed by atoms with Crippen molar-refractivity contribution in [1.82, 2.24) is 15.0 Å². The first-order chi connectivity index (χ1) is 11.7. The van der Waals surface area contributed by atoms with Crippen molar-refractivity contribution in [2.75, 3.05) is 11.5 Å². The largest absolute Gasteiger partial charge is 0.399 e. The van der Waals surface area contributed by atoms with E-state index in [9.17, 15) is 0 Å². The fourth-order valence-electron chi connectivity index (χ4n) is 2.67. The molecule has 0 atom stereocenters. The van der Waals surface area contributed by atoms with Gasteiger partial charge in [0.25, 0.3) is 0 Å². The molecule has 0 aliphatic rings. The second-order valence-corrected chi connectivity index (χ2v) is 5.52. The molecule has 24 heavy (non-hydrogen) atoms. The Morgan fingerprint density at radius 2 is 1.29 bits per heavy atom. The molecule has 116 valence electrons. The van der Waals surface area contributed by atoms with Crippen molar-refractivity contribution in [3.05, 3.63) is 66.9 Å². The minimum absolute atomic E-state index is 0.600. The first-order valence-corrected chi connectivity index (χ1v) is 7.55. The SMILES string of the molecule is Nc1cccc(-c2nc3cccnc3nc2-c2cccc(N)c2)c1. The van der Waals surface area contributed by atoms with Crippen LogP contribution in [0.3, 0.4) is 0 Å². The molecule has 4 rings (SSSR count). The Hall–Kier alpha value is -3.47. The maximum absolute atomic E-state index is 5.94. The molecule has 2 aromatic heterocycles. The van der Waals surface area contributed by atoms with Crippen LogP contribution in [0.2, 0.25) is 0 Å². The fraction of sp³-hybridized carbons (Fsp3) is 0. The van der Waals surface area contributed by atoms with Gasteiger partial charge in [0.1, 0.15) is 5.52 Å². The van der Waals surface area contributed by atoms with Crippen molar-refractivity contribution in [2.45, 2.75) is 0 Å². The summed E-state index contributed by atoms with van der Waals surface area (Å²) in [6.07, 6.45) is 1.71. The smallest absolute Gasteiger partial charge is 0.178 e. The maximum Gasteiger partial charge on any atom is 0.178 e. The standard InChI is InChI=1S/C19H15N5/c20-14-6-1-4-12(10-14)17-18(13-5-2-7-15(21)11-13)24-19-16(23-17)8-3-9-22-19/h1-11H,20-21H2. The number of benzene rings is 2. The van der Waals surface area contributed by atoms with Crippen LogP contribution in [-0.4, -0.2) is 15.0 Å². The third kappa shape index (κ3) is 2.52. The molecule has 5 heteroatoms. The van der Waals surface area contributed by atoms with Gasteiger partial charge in [-0.1, -0.05) is 24.3 Å². The van der Waals surface area contributed by atoms with E-state index in [4.69, 9.17) is 21.4 Å². The highest BCUT2D eigenvalue weighted by atomic mass is 14.9. The molecule has 0 saturated heterocycles. The first-order valence-electron chi connectivity index (χ1n) is 7.55. The summed E-state index contributed by atoms with van der Waals surface area (Å²) in [5.74, 6) is 0. The van der Waals surface area contributed by atoms with E-state index in [-0.39, 0.29) is 0 Å². The Morgan fingerprint density at radius 1 is 0.667 bits per heavy atom. The second-order valence-electron chi connectivity index (χ2n) is 5.52. The molecule has 0 saturated carbocycles. The van der Waals surface area contributed by atoms with Crippen molar-refractivity contribution in [3.8, 4) is 22.5 Å². The Morgan fingerprint density at radius 3 is 1.92 bits per heavy atom. The summed E-state index contributed by atoms with van der Waals surface area (Å²) < 4.78 is 0. The highest BCUT2D eigenvalue weighted by molar-refractivity contribution is 5.85. The van der Waals surface area contributed by atoms with Gasteiger partial charge in [0, 0.05) is 28.7 Å². The molecular formula is C19H15N5. The summed E-state index contributed by atoms with van der Waals surface area (Å²) in [7, 11) is 0. The number of hydrogen-bond acceptors (Lipinski definition) is 5. The molecule has 0 radical (unpaired) electrons. The van der Waals surface area contributed by atoms with Crippen LogP contribution in [0.15, 0.2) is 66.9 Å². The lowest BCUT2D eigenvalue weighted by molar-refractivity contribution is 1.23. The summed E-state index contributed by atoms with van der Waals surface area (Å²) in [4.78, 5) is 13.8. The highest BCUT2D eigenvalue weighted by Gasteiger charge is 2.14. The Kier molecular flexibility index (Phi) is 3.31. The molecule has 2 heterocycles. The van der Waals surface area contributed by atoms with E-state index in [1.807, 2.05) is 60.7 Å². The number of aromatic nitrogens is 3. The predicted molar refractivity (Wildman–Crippen MR) is 97.0 cm³/mol. The van der Waals surface area contributed by atoms with Crippen LogP contribution in [0.4, 0.5) is 11.4 Å². The predicted octanol–water partition coefficient (Wildman–Crippen LogP) is 3.52. The molecule has 4 aromatic rings. The zero-order valence-electron chi connectivity index (χ0n) is 12.8. The van der Waals surface area contributed by atoms with Gasteiger partial charge in [-0.15, -0.1) is 0 Å². The number of nitrogens with two attached hydrogens (primary N) is 2. The zero-order chi connectivity index (χ0) is 16.5. The van der Waals surface area contributed by atoms with E-state index in [2.05, 4.69) is 4.98 Å². The van der Waals surface area contributed by atoms with E-state index in [1.54, 1.807) is 6.20 Å². The van der Waals surface area contributed by atoms with Gasteiger partial charge in [0.2, 0.25) is 0 Å². The van der Waals surface area contributed by atoms with E-state index < -0.39 is 0 Å². The normalized spacial score (nSPS) is 10.8. The van der Waals surface area contributed by atoms with Gasteiger partial charge < -0.3 is 11.5 Å². The van der Waals surface area contributed by atoms with Gasteiger partial charge in [-0.3, -0.25) is 0 Å². The van der Waals surface area contributed by atoms with E-state index >= 15 is 0 Å². The van der Waals surface area contributed by atoms with E-state index in [0.29, 0.717) is 17.0 Å². The molecule has 0 aliphatic carbocycles. The lowest BCUT2D eigenvalue weighted by Gasteiger charge is -2.11. The Bertz CT molecular complexity index is 959.